The van der Waals surface area contributed by atoms with Crippen LogP contribution in [0.2, 0.25) is 0 Å². The molecule has 1 aromatic heterocycles. The van der Waals surface area contributed by atoms with Gasteiger partial charge in [-0.3, -0.25) is 9.78 Å². The molecule has 2 aromatic rings. The summed E-state index contributed by atoms with van der Waals surface area (Å²) in [7, 11) is 0. The average molecular weight is 282 g/mol. The number of hydrogen-bond acceptors (Lipinski definition) is 4. The van der Waals surface area contributed by atoms with Gasteiger partial charge < -0.3 is 10.2 Å². The van der Waals surface area contributed by atoms with Crippen molar-refractivity contribution in [3.8, 4) is 0 Å². The Kier molecular flexibility index (Phi) is 3.81. The molecule has 21 heavy (non-hydrogen) atoms. The van der Waals surface area contributed by atoms with E-state index in [0.29, 0.717) is 5.82 Å². The first-order chi connectivity index (χ1) is 10.2. The largest absolute Gasteiger partial charge is 0.360 e. The Labute approximate surface area is 124 Å². The molecule has 1 aliphatic heterocycles. The molecule has 0 aliphatic carbocycles. The number of anilines is 2. The third-order valence-corrected chi connectivity index (χ3v) is 3.59. The zero-order valence-corrected chi connectivity index (χ0v) is 12.0. The van der Waals surface area contributed by atoms with E-state index in [-0.39, 0.29) is 12.5 Å². The van der Waals surface area contributed by atoms with E-state index in [1.165, 1.54) is 5.56 Å². The van der Waals surface area contributed by atoms with E-state index >= 15 is 0 Å². The number of nitrogens with one attached hydrogen (secondary N) is 1. The number of fused-ring (bicyclic) bond motifs is 1. The van der Waals surface area contributed by atoms with Crippen molar-refractivity contribution in [2.75, 3.05) is 23.3 Å². The lowest BCUT2D eigenvalue weighted by Gasteiger charge is -2.29. The maximum Gasteiger partial charge on any atom is 0.246 e. The Morgan fingerprint density at radius 1 is 1.33 bits per heavy atom. The van der Waals surface area contributed by atoms with E-state index in [9.17, 15) is 4.79 Å². The van der Waals surface area contributed by atoms with Gasteiger partial charge in [-0.1, -0.05) is 18.2 Å². The fourth-order valence-electron chi connectivity index (χ4n) is 2.60. The number of carbonyl (C=O) groups is 1. The van der Waals surface area contributed by atoms with Gasteiger partial charge in [0.15, 0.2) is 0 Å². The minimum atomic E-state index is 0.0606. The molecule has 1 amide bonds. The molecular weight excluding hydrogens is 264 g/mol. The third-order valence-electron chi connectivity index (χ3n) is 3.59. The molecule has 5 heteroatoms. The van der Waals surface area contributed by atoms with Gasteiger partial charge in [-0.25, -0.2) is 4.98 Å². The van der Waals surface area contributed by atoms with Crippen LogP contribution in [0.25, 0.3) is 0 Å². The summed E-state index contributed by atoms with van der Waals surface area (Å²) in [5.41, 5.74) is 3.11. The summed E-state index contributed by atoms with van der Waals surface area (Å²) in [6.45, 7) is 2.88. The van der Waals surface area contributed by atoms with E-state index in [1.54, 1.807) is 12.4 Å². The number of hydrogen-bond donors (Lipinski definition) is 1. The smallest absolute Gasteiger partial charge is 0.246 e. The number of rotatable bonds is 3. The molecule has 0 spiro atoms. The van der Waals surface area contributed by atoms with Crippen molar-refractivity contribution in [3.05, 3.63) is 47.9 Å². The van der Waals surface area contributed by atoms with Crippen molar-refractivity contribution in [2.24, 2.45) is 0 Å². The summed E-state index contributed by atoms with van der Waals surface area (Å²) >= 11 is 0. The van der Waals surface area contributed by atoms with Gasteiger partial charge in [0.1, 0.15) is 5.82 Å². The predicted octanol–water partition coefficient (Wildman–Crippen LogP) is 2.18. The Hall–Kier alpha value is -2.43. The van der Waals surface area contributed by atoms with Gasteiger partial charge in [0.05, 0.1) is 18.4 Å². The van der Waals surface area contributed by atoms with Crippen LogP contribution in [0.1, 0.15) is 17.7 Å². The zero-order valence-electron chi connectivity index (χ0n) is 12.0. The van der Waals surface area contributed by atoms with Gasteiger partial charge >= 0.3 is 0 Å². The summed E-state index contributed by atoms with van der Waals surface area (Å²) in [6, 6.07) is 8.10. The first-order valence-electron chi connectivity index (χ1n) is 7.15. The van der Waals surface area contributed by atoms with Crippen molar-refractivity contribution in [2.45, 2.75) is 19.8 Å². The van der Waals surface area contributed by atoms with Crippen LogP contribution >= 0.6 is 0 Å². The second kappa shape index (κ2) is 5.91. The van der Waals surface area contributed by atoms with Crippen LogP contribution in [-0.2, 0) is 11.2 Å². The summed E-state index contributed by atoms with van der Waals surface area (Å²) in [4.78, 5) is 22.6. The molecule has 0 unspecified atom stereocenters. The lowest BCUT2D eigenvalue weighted by Crippen LogP contribution is -2.39. The van der Waals surface area contributed by atoms with Gasteiger partial charge in [-0.15, -0.1) is 0 Å². The molecule has 3 rings (SSSR count). The number of aryl methyl sites for hydroxylation is 2. The highest BCUT2D eigenvalue weighted by Crippen LogP contribution is 2.26. The van der Waals surface area contributed by atoms with E-state index in [4.69, 9.17) is 0 Å². The normalized spacial score (nSPS) is 13.7. The molecule has 108 valence electrons. The molecular formula is C16H18N4O. The highest BCUT2D eigenvalue weighted by molar-refractivity contribution is 5.97. The summed E-state index contributed by atoms with van der Waals surface area (Å²) in [6.07, 6.45) is 5.36. The zero-order chi connectivity index (χ0) is 14.7. The molecule has 0 saturated carbocycles. The van der Waals surface area contributed by atoms with Crippen molar-refractivity contribution >= 4 is 17.4 Å². The van der Waals surface area contributed by atoms with Crippen LogP contribution in [0.15, 0.2) is 36.7 Å². The van der Waals surface area contributed by atoms with E-state index in [0.717, 1.165) is 30.8 Å². The molecule has 1 N–H and O–H groups in total. The lowest BCUT2D eigenvalue weighted by molar-refractivity contribution is -0.117. The highest BCUT2D eigenvalue weighted by Gasteiger charge is 2.21. The number of benzene rings is 1. The molecule has 0 atom stereocenters. The third kappa shape index (κ3) is 3.02. The number of nitrogens with zero attached hydrogens (tertiary/aromatic N) is 3. The summed E-state index contributed by atoms with van der Waals surface area (Å²) in [5, 5.41) is 3.05. The van der Waals surface area contributed by atoms with Crippen LogP contribution < -0.4 is 10.2 Å². The lowest BCUT2D eigenvalue weighted by atomic mass is 10.0. The minimum absolute atomic E-state index is 0.0606. The van der Waals surface area contributed by atoms with Gasteiger partial charge in [0, 0.05) is 18.4 Å². The highest BCUT2D eigenvalue weighted by atomic mass is 16.2. The molecule has 0 saturated heterocycles. The number of aromatic nitrogens is 2. The fraction of sp³-hybridized carbons (Fsp3) is 0.312. The first kappa shape index (κ1) is 13.5. The second-order valence-electron chi connectivity index (χ2n) is 5.18. The Bertz CT molecular complexity index is 656. The molecule has 0 radical (unpaired) electrons. The van der Waals surface area contributed by atoms with Crippen LogP contribution in [0.3, 0.4) is 0 Å². The van der Waals surface area contributed by atoms with Gasteiger partial charge in [-0.2, -0.15) is 0 Å². The van der Waals surface area contributed by atoms with Crippen molar-refractivity contribution in [3.63, 3.8) is 0 Å². The SMILES string of the molecule is Cc1cncc(NCC(=O)N2CCCc3ccccc32)n1. The van der Waals surface area contributed by atoms with Crippen LogP contribution in [-0.4, -0.2) is 29.0 Å². The van der Waals surface area contributed by atoms with E-state index in [1.807, 2.05) is 30.0 Å². The summed E-state index contributed by atoms with van der Waals surface area (Å²) < 4.78 is 0. The topological polar surface area (TPSA) is 58.1 Å². The molecule has 0 bridgehead atoms. The van der Waals surface area contributed by atoms with Crippen molar-refractivity contribution in [1.82, 2.24) is 9.97 Å². The first-order valence-corrected chi connectivity index (χ1v) is 7.15. The Morgan fingerprint density at radius 3 is 3.05 bits per heavy atom. The molecule has 2 heterocycles. The number of carbonyl (C=O) groups excluding carboxylic acids is 1. The predicted molar refractivity (Wildman–Crippen MR) is 82.4 cm³/mol. The van der Waals surface area contributed by atoms with E-state index < -0.39 is 0 Å². The maximum absolute atomic E-state index is 12.4. The van der Waals surface area contributed by atoms with Gasteiger partial charge in [0.2, 0.25) is 5.91 Å². The molecule has 0 fully saturated rings. The molecule has 5 nitrogen and oxygen atoms in total. The van der Waals surface area contributed by atoms with Gasteiger partial charge in [0.25, 0.3) is 0 Å². The Morgan fingerprint density at radius 2 is 2.19 bits per heavy atom. The Balaban J connectivity index is 1.69. The number of amides is 1. The maximum atomic E-state index is 12.4. The monoisotopic (exact) mass is 282 g/mol. The van der Waals surface area contributed by atoms with Crippen molar-refractivity contribution in [1.29, 1.82) is 0 Å². The summed E-state index contributed by atoms with van der Waals surface area (Å²) in [5.74, 6) is 0.694. The van der Waals surface area contributed by atoms with E-state index in [2.05, 4.69) is 21.4 Å². The standard InChI is InChI=1S/C16H18N4O/c1-12-9-17-10-15(19-12)18-11-16(21)20-8-4-6-13-5-2-3-7-14(13)20/h2-3,5,7,9-10H,4,6,8,11H2,1H3,(H,18,19). The second-order valence-corrected chi connectivity index (χ2v) is 5.18. The van der Waals surface area contributed by atoms with Crippen LogP contribution in [0, 0.1) is 6.92 Å². The number of para-hydroxylation sites is 1. The van der Waals surface area contributed by atoms with Gasteiger partial charge in [-0.05, 0) is 31.4 Å². The average Bonchev–Trinajstić information content (AvgIpc) is 2.52. The molecule has 1 aromatic carbocycles. The van der Waals surface area contributed by atoms with Crippen LogP contribution in [0.4, 0.5) is 11.5 Å². The van der Waals surface area contributed by atoms with Crippen molar-refractivity contribution < 1.29 is 4.79 Å². The van der Waals surface area contributed by atoms with Crippen LogP contribution in [0.5, 0.6) is 0 Å². The quantitative estimate of drug-likeness (QED) is 0.937. The fourth-order valence-corrected chi connectivity index (χ4v) is 2.60. The molecule has 1 aliphatic rings. The minimum Gasteiger partial charge on any atom is -0.360 e.